The van der Waals surface area contributed by atoms with Gasteiger partial charge in [-0.15, -0.1) is 0 Å². The van der Waals surface area contributed by atoms with E-state index < -0.39 is 23.3 Å². The summed E-state index contributed by atoms with van der Waals surface area (Å²) >= 11 is 6.20. The minimum absolute atomic E-state index is 0.142. The van der Waals surface area contributed by atoms with E-state index in [4.69, 9.17) is 16.0 Å². The predicted molar refractivity (Wildman–Crippen MR) is 100 cm³/mol. The van der Waals surface area contributed by atoms with Crippen molar-refractivity contribution in [1.29, 1.82) is 0 Å². The van der Waals surface area contributed by atoms with E-state index in [9.17, 15) is 18.0 Å². The van der Waals surface area contributed by atoms with Crippen molar-refractivity contribution in [2.24, 2.45) is 0 Å². The Bertz CT molecular complexity index is 1170. The number of imidazole rings is 1. The van der Waals surface area contributed by atoms with Gasteiger partial charge in [-0.3, -0.25) is 20.0 Å². The lowest BCUT2D eigenvalue weighted by molar-refractivity contribution is -0.136. The van der Waals surface area contributed by atoms with E-state index in [-0.39, 0.29) is 22.2 Å². The molecule has 4 aromatic rings. The van der Waals surface area contributed by atoms with Crippen molar-refractivity contribution in [3.05, 3.63) is 77.4 Å². The largest absolute Gasteiger partial charge is 0.464 e. The number of nitrogens with zero attached hydrogens (tertiary/aromatic N) is 2. The number of nitrogens with one attached hydrogen (secondary N) is 2. The number of para-hydroxylation sites is 1. The number of aromatic nitrogens is 2. The third kappa shape index (κ3) is 3.64. The number of rotatable bonds is 4. The molecule has 148 valence electrons. The monoisotopic (exact) mass is 420 g/mol. The summed E-state index contributed by atoms with van der Waals surface area (Å²) in [5.41, 5.74) is 3.87. The number of pyridine rings is 1. The Morgan fingerprint density at radius 1 is 1.14 bits per heavy atom. The molecule has 0 atom stereocenters. The third-order valence-corrected chi connectivity index (χ3v) is 4.44. The summed E-state index contributed by atoms with van der Waals surface area (Å²) < 4.78 is 47.0. The van der Waals surface area contributed by atoms with E-state index in [1.165, 1.54) is 18.5 Å². The van der Waals surface area contributed by atoms with Gasteiger partial charge in [0.25, 0.3) is 5.91 Å². The number of furan rings is 1. The molecule has 6 nitrogen and oxygen atoms in total. The first-order chi connectivity index (χ1) is 13.8. The fourth-order valence-electron chi connectivity index (χ4n) is 2.76. The molecule has 0 spiro atoms. The van der Waals surface area contributed by atoms with Gasteiger partial charge in [-0.1, -0.05) is 29.8 Å². The summed E-state index contributed by atoms with van der Waals surface area (Å²) in [6.07, 6.45) is -2.04. The van der Waals surface area contributed by atoms with Crippen molar-refractivity contribution >= 4 is 28.8 Å². The molecule has 3 aromatic heterocycles. The molecule has 0 saturated carbocycles. The molecule has 1 amide bonds. The summed E-state index contributed by atoms with van der Waals surface area (Å²) in [6.45, 7) is 0. The highest BCUT2D eigenvalue weighted by Gasteiger charge is 2.36. The van der Waals surface area contributed by atoms with Gasteiger partial charge in [0.15, 0.2) is 11.3 Å². The number of carbonyl (C=O) groups excluding carboxylic acids is 1. The second-order valence-corrected chi connectivity index (χ2v) is 6.37. The Morgan fingerprint density at radius 3 is 2.55 bits per heavy atom. The average molecular weight is 421 g/mol. The maximum Gasteiger partial charge on any atom is 0.420 e. The molecule has 0 aliphatic carbocycles. The van der Waals surface area contributed by atoms with Gasteiger partial charge in [0.1, 0.15) is 10.9 Å². The number of alkyl halides is 3. The first kappa shape index (κ1) is 18.9. The van der Waals surface area contributed by atoms with Crippen molar-refractivity contribution in [1.82, 2.24) is 14.8 Å². The van der Waals surface area contributed by atoms with Gasteiger partial charge in [0.2, 0.25) is 0 Å². The molecule has 1 aromatic carbocycles. The first-order valence-corrected chi connectivity index (χ1v) is 8.66. The van der Waals surface area contributed by atoms with E-state index in [1.807, 2.05) is 0 Å². The van der Waals surface area contributed by atoms with Crippen molar-refractivity contribution in [3.8, 4) is 11.3 Å². The molecule has 4 rings (SSSR count). The van der Waals surface area contributed by atoms with E-state index in [0.717, 1.165) is 10.5 Å². The van der Waals surface area contributed by atoms with Crippen LogP contribution in [0.25, 0.3) is 17.0 Å². The molecular formula is C19H12ClF3N4O2. The third-order valence-electron chi connectivity index (χ3n) is 4.08. The molecule has 29 heavy (non-hydrogen) atoms. The minimum Gasteiger partial charge on any atom is -0.464 e. The molecule has 0 aliphatic rings. The van der Waals surface area contributed by atoms with Crippen molar-refractivity contribution in [3.63, 3.8) is 0 Å². The van der Waals surface area contributed by atoms with Crippen LogP contribution in [0.2, 0.25) is 5.15 Å². The van der Waals surface area contributed by atoms with Crippen molar-refractivity contribution in [2.45, 2.75) is 6.18 Å². The molecule has 3 heterocycles. The lowest BCUT2D eigenvalue weighted by Crippen LogP contribution is -2.29. The topological polar surface area (TPSA) is 71.6 Å². The normalized spacial score (nSPS) is 11.6. The number of carbonyl (C=O) groups is 1. The summed E-state index contributed by atoms with van der Waals surface area (Å²) in [4.78, 5) is 16.3. The number of halogens is 4. The minimum atomic E-state index is -4.71. The standard InChI is InChI=1S/C19H12ClF3N4O2/c20-16-15(18(28)26-25-12-5-2-1-3-6-12)24-17-13(19(21,22)23)9-11(10-27(16)17)14-7-4-8-29-14/h1-10,25H,(H,26,28). The van der Waals surface area contributed by atoms with Crippen molar-refractivity contribution < 1.29 is 22.4 Å². The lowest BCUT2D eigenvalue weighted by Gasteiger charge is -2.10. The molecular weight excluding hydrogens is 409 g/mol. The van der Waals surface area contributed by atoms with Crippen LogP contribution in [0.5, 0.6) is 0 Å². The van der Waals surface area contributed by atoms with E-state index in [2.05, 4.69) is 15.8 Å². The highest BCUT2D eigenvalue weighted by molar-refractivity contribution is 6.33. The smallest absolute Gasteiger partial charge is 0.420 e. The molecule has 2 N–H and O–H groups in total. The number of anilines is 1. The van der Waals surface area contributed by atoms with Gasteiger partial charge in [0, 0.05) is 11.8 Å². The van der Waals surface area contributed by atoms with Crippen LogP contribution in [-0.2, 0) is 6.18 Å². The van der Waals surface area contributed by atoms with Crippen LogP contribution >= 0.6 is 11.6 Å². The van der Waals surface area contributed by atoms with Gasteiger partial charge in [-0.2, -0.15) is 13.2 Å². The fraction of sp³-hybridized carbons (Fsp3) is 0.0526. The number of hydrazine groups is 1. The molecule has 0 aliphatic heterocycles. The zero-order chi connectivity index (χ0) is 20.6. The molecule has 0 fully saturated rings. The molecule has 0 unspecified atom stereocenters. The lowest BCUT2D eigenvalue weighted by atomic mass is 10.1. The van der Waals surface area contributed by atoms with Gasteiger partial charge in [0.05, 0.1) is 17.5 Å². The second kappa shape index (κ2) is 7.17. The van der Waals surface area contributed by atoms with Crippen LogP contribution in [0.1, 0.15) is 16.1 Å². The Hall–Kier alpha value is -3.46. The zero-order valence-electron chi connectivity index (χ0n) is 14.5. The molecule has 0 bridgehead atoms. The van der Waals surface area contributed by atoms with Crippen LogP contribution in [0.4, 0.5) is 18.9 Å². The van der Waals surface area contributed by atoms with E-state index >= 15 is 0 Å². The van der Waals surface area contributed by atoms with Crippen LogP contribution in [0.3, 0.4) is 0 Å². The Labute approximate surface area is 166 Å². The Kier molecular flexibility index (Phi) is 4.67. The van der Waals surface area contributed by atoms with Crippen LogP contribution in [-0.4, -0.2) is 15.3 Å². The molecule has 0 radical (unpaired) electrons. The van der Waals surface area contributed by atoms with Gasteiger partial charge < -0.3 is 4.42 Å². The summed E-state index contributed by atoms with van der Waals surface area (Å²) in [5.74, 6) is -0.561. The van der Waals surface area contributed by atoms with Gasteiger partial charge >= 0.3 is 6.18 Å². The Balaban J connectivity index is 1.76. The van der Waals surface area contributed by atoms with Crippen LogP contribution in [0.15, 0.2) is 65.4 Å². The quantitative estimate of drug-likeness (QED) is 0.454. The molecule has 0 saturated heterocycles. The Morgan fingerprint density at radius 2 is 1.90 bits per heavy atom. The van der Waals surface area contributed by atoms with Crippen LogP contribution < -0.4 is 10.9 Å². The fourth-order valence-corrected chi connectivity index (χ4v) is 3.01. The number of benzene rings is 1. The zero-order valence-corrected chi connectivity index (χ0v) is 15.3. The SMILES string of the molecule is O=C(NNc1ccccc1)c1nc2c(C(F)(F)F)cc(-c3ccco3)cn2c1Cl. The summed E-state index contributed by atoms with van der Waals surface area (Å²) in [6, 6.07) is 12.7. The summed E-state index contributed by atoms with van der Waals surface area (Å²) in [7, 11) is 0. The number of amides is 1. The molecule has 10 heteroatoms. The van der Waals surface area contributed by atoms with Crippen molar-refractivity contribution in [2.75, 3.05) is 5.43 Å². The number of hydrogen-bond acceptors (Lipinski definition) is 4. The first-order valence-electron chi connectivity index (χ1n) is 8.28. The average Bonchev–Trinajstić information content (AvgIpc) is 3.34. The predicted octanol–water partition coefficient (Wildman–Crippen LogP) is 5.02. The maximum atomic E-state index is 13.6. The summed E-state index contributed by atoms with van der Waals surface area (Å²) in [5, 5.41) is -0.258. The van der Waals surface area contributed by atoms with Crippen LogP contribution in [0, 0.1) is 0 Å². The van der Waals surface area contributed by atoms with Gasteiger partial charge in [-0.05, 0) is 30.3 Å². The number of fused-ring (bicyclic) bond motifs is 1. The maximum absolute atomic E-state index is 13.6. The van der Waals surface area contributed by atoms with Gasteiger partial charge in [-0.25, -0.2) is 4.98 Å². The van der Waals surface area contributed by atoms with E-state index in [0.29, 0.717) is 5.69 Å². The second-order valence-electron chi connectivity index (χ2n) is 6.01. The highest BCUT2D eigenvalue weighted by atomic mass is 35.5. The van der Waals surface area contributed by atoms with E-state index in [1.54, 1.807) is 36.4 Å². The highest BCUT2D eigenvalue weighted by Crippen LogP contribution is 2.37. The number of hydrogen-bond donors (Lipinski definition) is 2.